The molecule has 1 amide bonds. The molecule has 0 fully saturated rings. The minimum Gasteiger partial charge on any atom is -0.347 e. The van der Waals surface area contributed by atoms with Gasteiger partial charge in [0.15, 0.2) is 0 Å². The third-order valence-corrected chi connectivity index (χ3v) is 5.50. The molecule has 0 saturated heterocycles. The summed E-state index contributed by atoms with van der Waals surface area (Å²) in [6, 6.07) is 18.7. The van der Waals surface area contributed by atoms with Gasteiger partial charge in [0, 0.05) is 36.5 Å². The second kappa shape index (κ2) is 8.36. The molecular formula is C26H28N2O. The van der Waals surface area contributed by atoms with Gasteiger partial charge in [0.05, 0.1) is 0 Å². The van der Waals surface area contributed by atoms with Gasteiger partial charge < -0.3 is 10.2 Å². The van der Waals surface area contributed by atoms with Crippen molar-refractivity contribution in [2.24, 2.45) is 0 Å². The maximum absolute atomic E-state index is 11.8. The molecule has 148 valence electrons. The van der Waals surface area contributed by atoms with Crippen LogP contribution in [0.4, 0.5) is 0 Å². The highest BCUT2D eigenvalue weighted by Crippen LogP contribution is 2.35. The van der Waals surface area contributed by atoms with Crippen LogP contribution in [0, 0.1) is 0 Å². The SMILES string of the molecule is C=C1C(C)=CC=CN1CC(C)(C(=C)NC(C)=O)c1cccc(-c2ccccc2)c1. The van der Waals surface area contributed by atoms with Gasteiger partial charge in [-0.25, -0.2) is 0 Å². The van der Waals surface area contributed by atoms with Crippen LogP contribution in [0.25, 0.3) is 11.1 Å². The van der Waals surface area contributed by atoms with E-state index in [-0.39, 0.29) is 5.91 Å². The number of rotatable bonds is 6. The first-order chi connectivity index (χ1) is 13.8. The second-order valence-electron chi connectivity index (χ2n) is 7.70. The molecule has 1 heterocycles. The van der Waals surface area contributed by atoms with Gasteiger partial charge in [-0.1, -0.05) is 73.8 Å². The molecule has 1 atom stereocenters. The second-order valence-corrected chi connectivity index (χ2v) is 7.70. The van der Waals surface area contributed by atoms with E-state index in [2.05, 4.69) is 79.7 Å². The molecule has 0 aliphatic carbocycles. The Kier molecular flexibility index (Phi) is 5.88. The lowest BCUT2D eigenvalue weighted by molar-refractivity contribution is -0.118. The first-order valence-corrected chi connectivity index (χ1v) is 9.75. The summed E-state index contributed by atoms with van der Waals surface area (Å²) in [5, 5.41) is 2.93. The Bertz CT molecular complexity index is 1000. The monoisotopic (exact) mass is 384 g/mol. The summed E-state index contributed by atoms with van der Waals surface area (Å²) >= 11 is 0. The lowest BCUT2D eigenvalue weighted by Gasteiger charge is -2.39. The van der Waals surface area contributed by atoms with Gasteiger partial charge in [0.25, 0.3) is 0 Å². The zero-order valence-electron chi connectivity index (χ0n) is 17.4. The number of benzene rings is 2. The minimum absolute atomic E-state index is 0.121. The standard InChI is InChI=1S/C26H28N2O/c1-19-11-10-16-28(20(19)2)18-26(5,21(3)27-22(4)29)25-15-9-14-24(17-25)23-12-7-6-8-13-23/h6-17H,2-3,18H2,1,4-5H3,(H,27,29). The summed E-state index contributed by atoms with van der Waals surface area (Å²) in [7, 11) is 0. The predicted octanol–water partition coefficient (Wildman–Crippen LogP) is 5.55. The van der Waals surface area contributed by atoms with Gasteiger partial charge in [-0.15, -0.1) is 0 Å². The number of carbonyl (C=O) groups excluding carboxylic acids is 1. The van der Waals surface area contributed by atoms with E-state index in [0.717, 1.165) is 28.0 Å². The van der Waals surface area contributed by atoms with Crippen LogP contribution in [0.5, 0.6) is 0 Å². The average molecular weight is 385 g/mol. The van der Waals surface area contributed by atoms with E-state index in [1.54, 1.807) is 0 Å². The Morgan fingerprint density at radius 3 is 2.48 bits per heavy atom. The number of amides is 1. The molecular weight excluding hydrogens is 356 g/mol. The van der Waals surface area contributed by atoms with Crippen LogP contribution in [-0.4, -0.2) is 17.4 Å². The lowest BCUT2D eigenvalue weighted by atomic mass is 9.77. The number of hydrogen-bond acceptors (Lipinski definition) is 2. The van der Waals surface area contributed by atoms with Crippen LogP contribution in [-0.2, 0) is 10.2 Å². The molecule has 2 aromatic rings. The largest absolute Gasteiger partial charge is 0.347 e. The summed E-state index contributed by atoms with van der Waals surface area (Å²) in [5.41, 5.74) is 5.61. The van der Waals surface area contributed by atoms with Crippen LogP contribution >= 0.6 is 0 Å². The van der Waals surface area contributed by atoms with E-state index in [4.69, 9.17) is 0 Å². The molecule has 3 heteroatoms. The van der Waals surface area contributed by atoms with Crippen molar-refractivity contribution in [2.75, 3.05) is 6.54 Å². The first-order valence-electron chi connectivity index (χ1n) is 9.75. The van der Waals surface area contributed by atoms with E-state index in [0.29, 0.717) is 12.2 Å². The Morgan fingerprint density at radius 1 is 1.10 bits per heavy atom. The highest BCUT2D eigenvalue weighted by molar-refractivity contribution is 5.75. The molecule has 0 spiro atoms. The number of nitrogens with one attached hydrogen (secondary N) is 1. The predicted molar refractivity (Wildman–Crippen MR) is 121 cm³/mol. The molecule has 3 nitrogen and oxygen atoms in total. The Labute approximate surface area is 173 Å². The van der Waals surface area contributed by atoms with Gasteiger partial charge in [0.1, 0.15) is 0 Å². The maximum atomic E-state index is 11.8. The summed E-state index contributed by atoms with van der Waals surface area (Å²) in [4.78, 5) is 13.9. The number of carbonyl (C=O) groups is 1. The normalized spacial score (nSPS) is 15.5. The van der Waals surface area contributed by atoms with Crippen molar-refractivity contribution < 1.29 is 4.79 Å². The molecule has 0 saturated carbocycles. The van der Waals surface area contributed by atoms with E-state index in [9.17, 15) is 4.79 Å². The fraction of sp³-hybridized carbons (Fsp3) is 0.192. The number of allylic oxidation sites excluding steroid dienone is 3. The molecule has 1 N–H and O–H groups in total. The fourth-order valence-electron chi connectivity index (χ4n) is 3.58. The zero-order valence-corrected chi connectivity index (χ0v) is 17.4. The van der Waals surface area contributed by atoms with Crippen LogP contribution < -0.4 is 5.32 Å². The average Bonchev–Trinajstić information content (AvgIpc) is 2.71. The van der Waals surface area contributed by atoms with Crippen molar-refractivity contribution in [1.82, 2.24) is 10.2 Å². The Balaban J connectivity index is 2.03. The van der Waals surface area contributed by atoms with E-state index < -0.39 is 5.41 Å². The Hall–Kier alpha value is -3.33. The number of hydrogen-bond donors (Lipinski definition) is 1. The van der Waals surface area contributed by atoms with Gasteiger partial charge in [-0.2, -0.15) is 0 Å². The molecule has 1 unspecified atom stereocenters. The lowest BCUT2D eigenvalue weighted by Crippen LogP contribution is -2.43. The summed E-state index contributed by atoms with van der Waals surface area (Å²) in [6.07, 6.45) is 6.09. The van der Waals surface area contributed by atoms with Crippen LogP contribution in [0.15, 0.2) is 103 Å². The molecule has 29 heavy (non-hydrogen) atoms. The topological polar surface area (TPSA) is 32.3 Å². The van der Waals surface area contributed by atoms with Gasteiger partial charge in [-0.05, 0) is 42.2 Å². The quantitative estimate of drug-likeness (QED) is 0.708. The highest BCUT2D eigenvalue weighted by Gasteiger charge is 2.34. The van der Waals surface area contributed by atoms with Crippen LogP contribution in [0.1, 0.15) is 26.3 Å². The molecule has 3 rings (SSSR count). The summed E-state index contributed by atoms with van der Waals surface area (Å²) < 4.78 is 0. The summed E-state index contributed by atoms with van der Waals surface area (Å²) in [6.45, 7) is 14.8. The maximum Gasteiger partial charge on any atom is 0.221 e. The van der Waals surface area contributed by atoms with Crippen LogP contribution in [0.3, 0.4) is 0 Å². The number of nitrogens with zero attached hydrogens (tertiary/aromatic N) is 1. The van der Waals surface area contributed by atoms with Crippen molar-refractivity contribution in [3.8, 4) is 11.1 Å². The molecule has 1 aliphatic rings. The third-order valence-electron chi connectivity index (χ3n) is 5.50. The third kappa shape index (κ3) is 4.40. The van der Waals surface area contributed by atoms with E-state index >= 15 is 0 Å². The van der Waals surface area contributed by atoms with Crippen LogP contribution in [0.2, 0.25) is 0 Å². The first kappa shape index (κ1) is 20.4. The summed E-state index contributed by atoms with van der Waals surface area (Å²) in [5.74, 6) is -0.121. The van der Waals surface area contributed by atoms with Crippen molar-refractivity contribution in [2.45, 2.75) is 26.2 Å². The molecule has 0 radical (unpaired) electrons. The van der Waals surface area contributed by atoms with Gasteiger partial charge in [0.2, 0.25) is 5.91 Å². The zero-order chi connectivity index (χ0) is 21.0. The highest BCUT2D eigenvalue weighted by atomic mass is 16.1. The van der Waals surface area contributed by atoms with Gasteiger partial charge in [-0.3, -0.25) is 4.79 Å². The van der Waals surface area contributed by atoms with Crippen molar-refractivity contribution in [3.05, 3.63) is 109 Å². The van der Waals surface area contributed by atoms with Crippen molar-refractivity contribution >= 4 is 5.91 Å². The van der Waals surface area contributed by atoms with E-state index in [1.807, 2.05) is 30.5 Å². The smallest absolute Gasteiger partial charge is 0.221 e. The molecule has 0 bridgehead atoms. The molecule has 1 aliphatic heterocycles. The molecule has 0 aromatic heterocycles. The van der Waals surface area contributed by atoms with Crippen molar-refractivity contribution in [1.29, 1.82) is 0 Å². The Morgan fingerprint density at radius 2 is 1.79 bits per heavy atom. The molecule has 2 aromatic carbocycles. The van der Waals surface area contributed by atoms with E-state index in [1.165, 1.54) is 6.92 Å². The fourth-order valence-corrected chi connectivity index (χ4v) is 3.58. The van der Waals surface area contributed by atoms with Crippen molar-refractivity contribution in [3.63, 3.8) is 0 Å². The van der Waals surface area contributed by atoms with Gasteiger partial charge >= 0.3 is 0 Å². The minimum atomic E-state index is -0.513.